The first-order valence-corrected chi connectivity index (χ1v) is 13.4. The van der Waals surface area contributed by atoms with Crippen molar-refractivity contribution in [3.8, 4) is 5.69 Å². The molecule has 214 valence electrons. The van der Waals surface area contributed by atoms with Crippen molar-refractivity contribution in [1.29, 1.82) is 0 Å². The van der Waals surface area contributed by atoms with Gasteiger partial charge in [0.15, 0.2) is 5.82 Å². The lowest BCUT2D eigenvalue weighted by Gasteiger charge is -2.35. The molecule has 0 bridgehead atoms. The van der Waals surface area contributed by atoms with E-state index in [1.807, 2.05) is 0 Å². The van der Waals surface area contributed by atoms with E-state index in [1.165, 1.54) is 38.6 Å². The van der Waals surface area contributed by atoms with Gasteiger partial charge in [-0.05, 0) is 44.5 Å². The van der Waals surface area contributed by atoms with Crippen molar-refractivity contribution >= 4 is 38.8 Å². The molecule has 0 unspecified atom stereocenters. The van der Waals surface area contributed by atoms with Crippen LogP contribution in [-0.2, 0) is 26.2 Å². The van der Waals surface area contributed by atoms with Crippen molar-refractivity contribution in [1.82, 2.24) is 24.0 Å². The van der Waals surface area contributed by atoms with Crippen molar-refractivity contribution in [2.75, 3.05) is 5.32 Å². The molecule has 0 saturated carbocycles. The van der Waals surface area contributed by atoms with Crippen LogP contribution in [0.4, 0.5) is 23.5 Å². The number of carbonyl (C=O) groups is 1. The average molecular weight is 633 g/mol. The predicted octanol–water partition coefficient (Wildman–Crippen LogP) is 5.61. The summed E-state index contributed by atoms with van der Waals surface area (Å²) in [5, 5.41) is 3.09. The summed E-state index contributed by atoms with van der Waals surface area (Å²) >= 11 is 2.90. The van der Waals surface area contributed by atoms with Crippen LogP contribution in [0, 0.1) is 5.82 Å². The third-order valence-electron chi connectivity index (χ3n) is 7.11. The predicted molar refractivity (Wildman–Crippen MR) is 150 cm³/mol. The maximum atomic E-state index is 15.1. The minimum Gasteiger partial charge on any atom is -0.349 e. The maximum Gasteiger partial charge on any atom is 0.417 e. The number of imidazole rings is 1. The molecule has 0 spiro atoms. The minimum atomic E-state index is -4.65. The van der Waals surface area contributed by atoms with E-state index < -0.39 is 35.1 Å². The molecule has 2 aromatic heterocycles. The van der Waals surface area contributed by atoms with Gasteiger partial charge in [0.05, 0.1) is 35.3 Å². The lowest BCUT2D eigenvalue weighted by molar-refractivity contribution is -0.138. The van der Waals surface area contributed by atoms with Gasteiger partial charge in [-0.25, -0.2) is 18.9 Å². The van der Waals surface area contributed by atoms with Gasteiger partial charge >= 0.3 is 6.18 Å². The van der Waals surface area contributed by atoms with E-state index >= 15 is 4.39 Å². The standard InChI is InChI=1S/C28H25BrF4N6O2/c1-5-14(2)35-27-36-23-12-38(25(40)16-6-7-20(29)19(9-16)28(31,32)33)15(3)8-18(23)26(41)39(27)17-10-21(30)24-22(11-17)34-13-37(24)4/h5-7,9-11,13-15H,1,8,12H2,2-4H3,(H,35,36)/t14-,15+/m0/s1. The molecule has 0 aliphatic carbocycles. The summed E-state index contributed by atoms with van der Waals surface area (Å²) in [6.07, 6.45) is -1.48. The highest BCUT2D eigenvalue weighted by Gasteiger charge is 2.36. The number of benzene rings is 2. The number of fused-ring (bicyclic) bond motifs is 2. The number of hydrogen-bond acceptors (Lipinski definition) is 5. The summed E-state index contributed by atoms with van der Waals surface area (Å²) in [7, 11) is 1.66. The van der Waals surface area contributed by atoms with Crippen LogP contribution in [0.15, 0.2) is 58.6 Å². The van der Waals surface area contributed by atoms with Crippen LogP contribution in [0.5, 0.6) is 0 Å². The fraction of sp³-hybridized carbons (Fsp3) is 0.286. The van der Waals surface area contributed by atoms with E-state index in [1.54, 1.807) is 33.0 Å². The zero-order valence-corrected chi connectivity index (χ0v) is 23.8. The van der Waals surface area contributed by atoms with Crippen molar-refractivity contribution in [2.24, 2.45) is 7.05 Å². The molecule has 13 heteroatoms. The van der Waals surface area contributed by atoms with E-state index in [9.17, 15) is 22.8 Å². The van der Waals surface area contributed by atoms with Crippen molar-refractivity contribution in [3.63, 3.8) is 0 Å². The van der Waals surface area contributed by atoms with E-state index in [0.29, 0.717) is 16.8 Å². The lowest BCUT2D eigenvalue weighted by Crippen LogP contribution is -2.46. The number of aryl methyl sites for hydroxylation is 1. The number of carbonyl (C=O) groups excluding carboxylic acids is 1. The Bertz CT molecular complexity index is 1760. The Balaban J connectivity index is 1.60. The molecule has 0 saturated heterocycles. The van der Waals surface area contributed by atoms with E-state index in [2.05, 4.69) is 37.8 Å². The molecule has 2 aromatic carbocycles. The number of rotatable bonds is 5. The number of aromatic nitrogens is 4. The minimum absolute atomic E-state index is 0.0979. The molecular formula is C28H25BrF4N6O2. The largest absolute Gasteiger partial charge is 0.417 e. The van der Waals surface area contributed by atoms with Crippen LogP contribution in [0.3, 0.4) is 0 Å². The summed E-state index contributed by atoms with van der Waals surface area (Å²) in [5.41, 5.74) is -0.0771. The molecule has 0 fully saturated rings. The molecule has 0 radical (unpaired) electrons. The van der Waals surface area contributed by atoms with E-state index in [-0.39, 0.29) is 46.2 Å². The molecule has 2 atom stereocenters. The van der Waals surface area contributed by atoms with Gasteiger partial charge in [-0.3, -0.25) is 9.59 Å². The number of nitrogens with zero attached hydrogens (tertiary/aromatic N) is 5. The Morgan fingerprint density at radius 2 is 2.00 bits per heavy atom. The highest BCUT2D eigenvalue weighted by atomic mass is 79.9. The molecule has 1 N–H and O–H groups in total. The van der Waals surface area contributed by atoms with Gasteiger partial charge in [0.2, 0.25) is 5.95 Å². The molecule has 4 aromatic rings. The first-order chi connectivity index (χ1) is 19.3. The zero-order chi connectivity index (χ0) is 29.8. The zero-order valence-electron chi connectivity index (χ0n) is 22.3. The number of halogens is 5. The van der Waals surface area contributed by atoms with Gasteiger partial charge < -0.3 is 14.8 Å². The molecule has 1 aliphatic rings. The first-order valence-electron chi connectivity index (χ1n) is 12.6. The molecule has 8 nitrogen and oxygen atoms in total. The van der Waals surface area contributed by atoms with Gasteiger partial charge in [0.1, 0.15) is 5.52 Å². The molecule has 5 rings (SSSR count). The van der Waals surface area contributed by atoms with Gasteiger partial charge in [-0.2, -0.15) is 13.2 Å². The highest BCUT2D eigenvalue weighted by Crippen LogP contribution is 2.36. The number of nitrogens with one attached hydrogen (secondary N) is 1. The third kappa shape index (κ3) is 5.14. The Hall–Kier alpha value is -4.00. The smallest absolute Gasteiger partial charge is 0.349 e. The van der Waals surface area contributed by atoms with Crippen molar-refractivity contribution in [2.45, 2.75) is 45.1 Å². The fourth-order valence-electron chi connectivity index (χ4n) is 4.92. The van der Waals surface area contributed by atoms with Gasteiger partial charge in [-0.15, -0.1) is 6.58 Å². The average Bonchev–Trinajstić information content (AvgIpc) is 3.29. The summed E-state index contributed by atoms with van der Waals surface area (Å²) in [4.78, 5) is 37.6. The lowest BCUT2D eigenvalue weighted by atomic mass is 9.98. The number of amides is 1. The number of alkyl halides is 3. The molecule has 41 heavy (non-hydrogen) atoms. The Kier molecular flexibility index (Phi) is 7.26. The number of hydrogen-bond donors (Lipinski definition) is 1. The van der Waals surface area contributed by atoms with Crippen LogP contribution < -0.4 is 10.9 Å². The first kappa shape index (κ1) is 28.5. The second-order valence-electron chi connectivity index (χ2n) is 10.00. The van der Waals surface area contributed by atoms with Crippen LogP contribution >= 0.6 is 15.9 Å². The Labute approximate surface area is 240 Å². The van der Waals surface area contributed by atoms with Crippen LogP contribution in [0.1, 0.15) is 41.0 Å². The fourth-order valence-corrected chi connectivity index (χ4v) is 5.40. The van der Waals surface area contributed by atoms with Crippen molar-refractivity contribution < 1.29 is 22.4 Å². The monoisotopic (exact) mass is 632 g/mol. The normalized spacial score (nSPS) is 16.0. The van der Waals surface area contributed by atoms with Crippen LogP contribution in [0.2, 0.25) is 0 Å². The van der Waals surface area contributed by atoms with E-state index in [0.717, 1.165) is 6.07 Å². The van der Waals surface area contributed by atoms with Gasteiger partial charge in [0, 0.05) is 40.8 Å². The Morgan fingerprint density at radius 1 is 1.27 bits per heavy atom. The van der Waals surface area contributed by atoms with Crippen molar-refractivity contribution in [3.05, 3.63) is 92.3 Å². The summed E-state index contributed by atoms with van der Waals surface area (Å²) < 4.78 is 58.2. The second-order valence-corrected chi connectivity index (χ2v) is 10.9. The van der Waals surface area contributed by atoms with Crippen LogP contribution in [-0.4, -0.2) is 42.0 Å². The third-order valence-corrected chi connectivity index (χ3v) is 7.80. The maximum absolute atomic E-state index is 15.1. The van der Waals surface area contributed by atoms with Crippen LogP contribution in [0.25, 0.3) is 16.7 Å². The molecule has 1 aliphatic heterocycles. The molecular weight excluding hydrogens is 608 g/mol. The molecule has 3 heterocycles. The second kappa shape index (κ2) is 10.4. The summed E-state index contributed by atoms with van der Waals surface area (Å²) in [6.45, 7) is 7.14. The Morgan fingerprint density at radius 3 is 2.68 bits per heavy atom. The molecule has 1 amide bonds. The summed E-state index contributed by atoms with van der Waals surface area (Å²) in [6, 6.07) is 5.27. The highest BCUT2D eigenvalue weighted by molar-refractivity contribution is 9.10. The topological polar surface area (TPSA) is 85.1 Å². The van der Waals surface area contributed by atoms with Gasteiger partial charge in [0.25, 0.3) is 11.5 Å². The van der Waals surface area contributed by atoms with E-state index in [4.69, 9.17) is 0 Å². The van der Waals surface area contributed by atoms with Gasteiger partial charge in [-0.1, -0.05) is 22.0 Å². The SMILES string of the molecule is C=C[C@H](C)Nc1nc2c(c(=O)n1-c1cc(F)c3c(c1)ncn3C)C[C@@H](C)N(C(=O)c1ccc(Br)c(C(F)(F)F)c1)C2. The summed E-state index contributed by atoms with van der Waals surface area (Å²) in [5.74, 6) is -1.09. The quantitative estimate of drug-likeness (QED) is 0.228. The number of anilines is 1.